The number of carboxylic acids is 1. The van der Waals surface area contributed by atoms with E-state index in [1.165, 1.54) is 0 Å². The van der Waals surface area contributed by atoms with Crippen molar-refractivity contribution in [2.24, 2.45) is 5.92 Å². The molecule has 0 radical (unpaired) electrons. The summed E-state index contributed by atoms with van der Waals surface area (Å²) in [5.74, 6) is -1.25. The van der Waals surface area contributed by atoms with Gasteiger partial charge in [-0.2, -0.15) is 0 Å². The van der Waals surface area contributed by atoms with E-state index in [0.717, 1.165) is 12.1 Å². The van der Waals surface area contributed by atoms with Crippen molar-refractivity contribution in [3.63, 3.8) is 0 Å². The summed E-state index contributed by atoms with van der Waals surface area (Å²) < 4.78 is 0. The van der Waals surface area contributed by atoms with Gasteiger partial charge in [0, 0.05) is 13.1 Å². The quantitative estimate of drug-likeness (QED) is 0.895. The molecule has 2 atom stereocenters. The van der Waals surface area contributed by atoms with E-state index in [4.69, 9.17) is 5.11 Å². The third-order valence-electron chi connectivity index (χ3n) is 4.14. The Balaban J connectivity index is 2.18. The van der Waals surface area contributed by atoms with Crippen LogP contribution in [0.3, 0.4) is 0 Å². The van der Waals surface area contributed by atoms with Crippen LogP contribution >= 0.6 is 0 Å². The fourth-order valence-electron chi connectivity index (χ4n) is 2.74. The lowest BCUT2D eigenvalue weighted by Gasteiger charge is -2.30. The summed E-state index contributed by atoms with van der Waals surface area (Å²) >= 11 is 0. The average Bonchev–Trinajstić information content (AvgIpc) is 2.98. The Morgan fingerprint density at radius 1 is 1.38 bits per heavy atom. The number of hydrogen-bond acceptors (Lipinski definition) is 3. The molecule has 0 bridgehead atoms. The van der Waals surface area contributed by atoms with Crippen LogP contribution in [0.5, 0.6) is 0 Å². The van der Waals surface area contributed by atoms with Gasteiger partial charge in [0.05, 0.1) is 5.92 Å². The number of likely N-dealkylation sites (N-methyl/N-ethyl adjacent to an activating group) is 1. The topological polar surface area (TPSA) is 60.9 Å². The second-order valence-electron chi connectivity index (χ2n) is 5.49. The molecule has 0 unspecified atom stereocenters. The minimum atomic E-state index is -0.814. The Morgan fingerprint density at radius 2 is 2.05 bits per heavy atom. The summed E-state index contributed by atoms with van der Waals surface area (Å²) in [5, 5.41) is 9.08. The maximum atomic E-state index is 12.8. The molecule has 0 aliphatic carbocycles. The predicted molar refractivity (Wildman–Crippen MR) is 79.8 cm³/mol. The highest BCUT2D eigenvalue weighted by molar-refractivity contribution is 5.84. The number of aliphatic carboxylic acids is 1. The number of carbonyl (C=O) groups is 2. The molecule has 0 saturated carbocycles. The molecule has 0 aromatic heterocycles. The molecule has 1 fully saturated rings. The summed E-state index contributed by atoms with van der Waals surface area (Å²) in [6.45, 7) is 3.60. The fraction of sp³-hybridized carbons (Fsp3) is 0.500. The molecule has 1 amide bonds. The van der Waals surface area contributed by atoms with Gasteiger partial charge in [-0.1, -0.05) is 37.3 Å². The summed E-state index contributed by atoms with van der Waals surface area (Å²) in [6, 6.07) is 9.31. The lowest BCUT2D eigenvalue weighted by Crippen LogP contribution is -2.41. The van der Waals surface area contributed by atoms with E-state index in [1.807, 2.05) is 49.2 Å². The minimum Gasteiger partial charge on any atom is -0.481 e. The van der Waals surface area contributed by atoms with Crippen LogP contribution in [0.25, 0.3) is 0 Å². The molecule has 2 rings (SSSR count). The van der Waals surface area contributed by atoms with E-state index >= 15 is 0 Å². The van der Waals surface area contributed by atoms with Gasteiger partial charge in [0.2, 0.25) is 5.91 Å². The summed E-state index contributed by atoms with van der Waals surface area (Å²) in [7, 11) is 1.92. The molecule has 1 aromatic rings. The van der Waals surface area contributed by atoms with Gasteiger partial charge in [-0.15, -0.1) is 0 Å². The lowest BCUT2D eigenvalue weighted by molar-refractivity contribution is -0.141. The molecular formula is C16H22N2O3. The van der Waals surface area contributed by atoms with Gasteiger partial charge in [0.25, 0.3) is 0 Å². The molecule has 1 heterocycles. The molecule has 1 aliphatic heterocycles. The number of nitrogens with zero attached hydrogens (tertiary/aromatic N) is 2. The van der Waals surface area contributed by atoms with Gasteiger partial charge in [0.15, 0.2) is 0 Å². The number of amides is 1. The van der Waals surface area contributed by atoms with E-state index in [2.05, 4.69) is 0 Å². The molecule has 1 N–H and O–H groups in total. The molecule has 5 nitrogen and oxygen atoms in total. The molecule has 5 heteroatoms. The van der Waals surface area contributed by atoms with Crippen molar-refractivity contribution in [1.82, 2.24) is 9.80 Å². The zero-order chi connectivity index (χ0) is 15.4. The number of carbonyl (C=O) groups excluding carboxylic acids is 1. The van der Waals surface area contributed by atoms with E-state index in [0.29, 0.717) is 19.5 Å². The number of rotatable bonds is 5. The third-order valence-corrected chi connectivity index (χ3v) is 4.14. The van der Waals surface area contributed by atoms with Crippen molar-refractivity contribution < 1.29 is 14.7 Å². The minimum absolute atomic E-state index is 0.00528. The number of carboxylic acid groups (broad SMARTS) is 1. The number of benzene rings is 1. The molecule has 1 aromatic carbocycles. The van der Waals surface area contributed by atoms with Crippen molar-refractivity contribution in [3.8, 4) is 0 Å². The smallest absolute Gasteiger partial charge is 0.308 e. The monoisotopic (exact) mass is 290 g/mol. The Labute approximate surface area is 125 Å². The number of likely N-dealkylation sites (tertiary alicyclic amines) is 1. The van der Waals surface area contributed by atoms with E-state index in [9.17, 15) is 9.59 Å². The van der Waals surface area contributed by atoms with Crippen molar-refractivity contribution in [2.75, 3.05) is 26.7 Å². The summed E-state index contributed by atoms with van der Waals surface area (Å²) in [5.41, 5.74) is 0.950. The second kappa shape index (κ2) is 6.72. The van der Waals surface area contributed by atoms with Gasteiger partial charge in [0.1, 0.15) is 6.04 Å². The molecule has 0 spiro atoms. The predicted octanol–water partition coefficient (Wildman–Crippen LogP) is 1.61. The fourth-order valence-corrected chi connectivity index (χ4v) is 2.74. The largest absolute Gasteiger partial charge is 0.481 e. The maximum Gasteiger partial charge on any atom is 0.308 e. The summed E-state index contributed by atoms with van der Waals surface area (Å²) in [4.78, 5) is 27.5. The molecule has 1 saturated heterocycles. The lowest BCUT2D eigenvalue weighted by atomic mass is 10.0. The number of hydrogen-bond donors (Lipinski definition) is 1. The first-order chi connectivity index (χ1) is 10.0. The summed E-state index contributed by atoms with van der Waals surface area (Å²) in [6.07, 6.45) is 0.540. The zero-order valence-corrected chi connectivity index (χ0v) is 12.5. The first-order valence-corrected chi connectivity index (χ1v) is 7.31. The molecule has 114 valence electrons. The van der Waals surface area contributed by atoms with Gasteiger partial charge in [-0.05, 0) is 25.6 Å². The van der Waals surface area contributed by atoms with Crippen LogP contribution in [0.1, 0.15) is 24.9 Å². The first kappa shape index (κ1) is 15.5. The SMILES string of the molecule is CCN(C)[C@@H](C(=O)N1CC[C@@H](C(=O)O)C1)c1ccccc1. The maximum absolute atomic E-state index is 12.8. The molecule has 1 aliphatic rings. The molecule has 21 heavy (non-hydrogen) atoms. The standard InChI is InChI=1S/C16H22N2O3/c1-3-17(2)14(12-7-5-4-6-8-12)15(19)18-10-9-13(11-18)16(20)21/h4-8,13-14H,3,9-11H2,1-2H3,(H,20,21)/t13-,14-/m1/s1. The normalized spacial score (nSPS) is 19.8. The van der Waals surface area contributed by atoms with Crippen LogP contribution in [0.15, 0.2) is 30.3 Å². The highest BCUT2D eigenvalue weighted by Crippen LogP contribution is 2.25. The van der Waals surface area contributed by atoms with E-state index < -0.39 is 11.9 Å². The van der Waals surface area contributed by atoms with E-state index in [1.54, 1.807) is 4.90 Å². The van der Waals surface area contributed by atoms with Crippen molar-refractivity contribution >= 4 is 11.9 Å². The Bertz CT molecular complexity index is 504. The van der Waals surface area contributed by atoms with Gasteiger partial charge >= 0.3 is 5.97 Å². The van der Waals surface area contributed by atoms with Crippen molar-refractivity contribution in [1.29, 1.82) is 0 Å². The van der Waals surface area contributed by atoms with Crippen LogP contribution in [-0.4, -0.2) is 53.5 Å². The van der Waals surface area contributed by atoms with Crippen molar-refractivity contribution in [2.45, 2.75) is 19.4 Å². The molecular weight excluding hydrogens is 268 g/mol. The third kappa shape index (κ3) is 3.42. The van der Waals surface area contributed by atoms with Gasteiger partial charge in [-0.3, -0.25) is 14.5 Å². The Morgan fingerprint density at radius 3 is 2.57 bits per heavy atom. The highest BCUT2D eigenvalue weighted by Gasteiger charge is 2.35. The first-order valence-electron chi connectivity index (χ1n) is 7.31. The Hall–Kier alpha value is -1.88. The van der Waals surface area contributed by atoms with Crippen LogP contribution in [0, 0.1) is 5.92 Å². The van der Waals surface area contributed by atoms with Gasteiger partial charge < -0.3 is 10.0 Å². The van der Waals surface area contributed by atoms with Gasteiger partial charge in [-0.25, -0.2) is 0 Å². The highest BCUT2D eigenvalue weighted by atomic mass is 16.4. The van der Waals surface area contributed by atoms with Crippen LogP contribution in [0.2, 0.25) is 0 Å². The second-order valence-corrected chi connectivity index (χ2v) is 5.49. The van der Waals surface area contributed by atoms with Crippen LogP contribution < -0.4 is 0 Å². The van der Waals surface area contributed by atoms with Crippen molar-refractivity contribution in [3.05, 3.63) is 35.9 Å². The van der Waals surface area contributed by atoms with Crippen LogP contribution in [-0.2, 0) is 9.59 Å². The Kier molecular flexibility index (Phi) is 4.96. The zero-order valence-electron chi connectivity index (χ0n) is 12.5. The van der Waals surface area contributed by atoms with E-state index in [-0.39, 0.29) is 11.9 Å². The van der Waals surface area contributed by atoms with Crippen LogP contribution in [0.4, 0.5) is 0 Å². The average molecular weight is 290 g/mol.